The Morgan fingerprint density at radius 2 is 2.10 bits per heavy atom. The molecule has 2 aromatic rings. The molecule has 1 heterocycles. The standard InChI is InChI=1S/C16H23N3O/c1-12(16-10-18-19(3)13(16)2)17-9-14-6-5-7-15(8-14)11-20-4/h5-8,10,12,17H,9,11H2,1-4H3. The molecule has 1 aromatic heterocycles. The topological polar surface area (TPSA) is 39.1 Å². The average Bonchev–Trinajstić information content (AvgIpc) is 2.77. The van der Waals surface area contributed by atoms with Gasteiger partial charge in [0.2, 0.25) is 0 Å². The number of ether oxygens (including phenoxy) is 1. The number of nitrogens with zero attached hydrogens (tertiary/aromatic N) is 2. The Balaban J connectivity index is 1.98. The molecule has 0 amide bonds. The summed E-state index contributed by atoms with van der Waals surface area (Å²) >= 11 is 0. The molecular weight excluding hydrogens is 250 g/mol. The van der Waals surface area contributed by atoms with E-state index in [1.165, 1.54) is 22.4 Å². The number of aromatic nitrogens is 2. The number of hydrogen-bond donors (Lipinski definition) is 1. The molecule has 1 N–H and O–H groups in total. The predicted molar refractivity (Wildman–Crippen MR) is 80.4 cm³/mol. The van der Waals surface area contributed by atoms with Crippen molar-refractivity contribution in [3.63, 3.8) is 0 Å². The summed E-state index contributed by atoms with van der Waals surface area (Å²) in [6, 6.07) is 8.76. The van der Waals surface area contributed by atoms with Crippen molar-refractivity contribution in [2.24, 2.45) is 7.05 Å². The highest BCUT2D eigenvalue weighted by molar-refractivity contribution is 5.24. The van der Waals surface area contributed by atoms with Gasteiger partial charge in [0.25, 0.3) is 0 Å². The zero-order chi connectivity index (χ0) is 14.5. The lowest BCUT2D eigenvalue weighted by Crippen LogP contribution is -2.18. The van der Waals surface area contributed by atoms with Crippen molar-refractivity contribution in [2.75, 3.05) is 7.11 Å². The Hall–Kier alpha value is -1.65. The molecule has 0 spiro atoms. The van der Waals surface area contributed by atoms with Gasteiger partial charge in [0.1, 0.15) is 0 Å². The Labute approximate surface area is 120 Å². The number of aryl methyl sites for hydroxylation is 1. The van der Waals surface area contributed by atoms with E-state index in [2.05, 4.69) is 48.5 Å². The van der Waals surface area contributed by atoms with E-state index in [4.69, 9.17) is 4.74 Å². The van der Waals surface area contributed by atoms with Crippen molar-refractivity contribution in [1.29, 1.82) is 0 Å². The molecule has 1 aromatic carbocycles. The summed E-state index contributed by atoms with van der Waals surface area (Å²) in [5.41, 5.74) is 4.93. The third kappa shape index (κ3) is 3.46. The molecule has 0 aliphatic carbocycles. The maximum atomic E-state index is 5.16. The molecule has 0 bridgehead atoms. The lowest BCUT2D eigenvalue weighted by atomic mass is 10.1. The van der Waals surface area contributed by atoms with Crippen molar-refractivity contribution in [2.45, 2.75) is 33.0 Å². The van der Waals surface area contributed by atoms with Crippen LogP contribution in [-0.4, -0.2) is 16.9 Å². The van der Waals surface area contributed by atoms with Crippen LogP contribution in [0, 0.1) is 6.92 Å². The van der Waals surface area contributed by atoms with Crippen LogP contribution < -0.4 is 5.32 Å². The molecule has 0 aliphatic heterocycles. The summed E-state index contributed by atoms with van der Waals surface area (Å²) in [6.07, 6.45) is 1.94. The first-order valence-corrected chi connectivity index (χ1v) is 6.90. The second kappa shape index (κ2) is 6.68. The van der Waals surface area contributed by atoms with E-state index in [9.17, 15) is 0 Å². The monoisotopic (exact) mass is 273 g/mol. The number of hydrogen-bond acceptors (Lipinski definition) is 3. The van der Waals surface area contributed by atoms with Crippen LogP contribution in [0.3, 0.4) is 0 Å². The van der Waals surface area contributed by atoms with Gasteiger partial charge in [-0.3, -0.25) is 4.68 Å². The fraction of sp³-hybridized carbons (Fsp3) is 0.438. The van der Waals surface area contributed by atoms with E-state index >= 15 is 0 Å². The minimum absolute atomic E-state index is 0.287. The van der Waals surface area contributed by atoms with Crippen LogP contribution in [0.25, 0.3) is 0 Å². The van der Waals surface area contributed by atoms with Crippen molar-refractivity contribution >= 4 is 0 Å². The van der Waals surface area contributed by atoms with Gasteiger partial charge in [0, 0.05) is 38.0 Å². The summed E-state index contributed by atoms with van der Waals surface area (Å²) in [7, 11) is 3.69. The second-order valence-corrected chi connectivity index (χ2v) is 5.16. The number of benzene rings is 1. The van der Waals surface area contributed by atoms with E-state index in [0.717, 1.165) is 6.54 Å². The van der Waals surface area contributed by atoms with Gasteiger partial charge in [-0.1, -0.05) is 24.3 Å². The molecule has 4 heteroatoms. The Morgan fingerprint density at radius 3 is 2.75 bits per heavy atom. The second-order valence-electron chi connectivity index (χ2n) is 5.16. The van der Waals surface area contributed by atoms with Gasteiger partial charge in [-0.15, -0.1) is 0 Å². The number of rotatable bonds is 6. The molecule has 0 saturated carbocycles. The minimum atomic E-state index is 0.287. The minimum Gasteiger partial charge on any atom is -0.380 e. The van der Waals surface area contributed by atoms with Gasteiger partial charge < -0.3 is 10.1 Å². The Kier molecular flexibility index (Phi) is 4.93. The van der Waals surface area contributed by atoms with Crippen LogP contribution in [0.1, 0.15) is 35.3 Å². The highest BCUT2D eigenvalue weighted by Gasteiger charge is 2.11. The third-order valence-corrected chi connectivity index (χ3v) is 3.65. The smallest absolute Gasteiger partial charge is 0.0713 e. The largest absolute Gasteiger partial charge is 0.380 e. The average molecular weight is 273 g/mol. The van der Waals surface area contributed by atoms with E-state index in [0.29, 0.717) is 6.61 Å². The summed E-state index contributed by atoms with van der Waals surface area (Å²) in [5.74, 6) is 0. The van der Waals surface area contributed by atoms with Gasteiger partial charge in [-0.25, -0.2) is 0 Å². The zero-order valence-corrected chi connectivity index (χ0v) is 12.7. The van der Waals surface area contributed by atoms with Gasteiger partial charge in [0.05, 0.1) is 12.8 Å². The first-order valence-electron chi connectivity index (χ1n) is 6.90. The molecule has 0 aliphatic rings. The molecular formula is C16H23N3O. The third-order valence-electron chi connectivity index (χ3n) is 3.65. The lowest BCUT2D eigenvalue weighted by Gasteiger charge is -2.14. The van der Waals surface area contributed by atoms with Crippen LogP contribution in [0.4, 0.5) is 0 Å². The highest BCUT2D eigenvalue weighted by atomic mass is 16.5. The molecule has 1 unspecified atom stereocenters. The van der Waals surface area contributed by atoms with E-state index in [-0.39, 0.29) is 6.04 Å². The van der Waals surface area contributed by atoms with E-state index in [1.54, 1.807) is 7.11 Å². The molecule has 20 heavy (non-hydrogen) atoms. The van der Waals surface area contributed by atoms with Crippen molar-refractivity contribution in [3.8, 4) is 0 Å². The molecule has 2 rings (SSSR count). The van der Waals surface area contributed by atoms with Crippen LogP contribution in [0.2, 0.25) is 0 Å². The first kappa shape index (κ1) is 14.8. The first-order chi connectivity index (χ1) is 9.61. The maximum Gasteiger partial charge on any atom is 0.0713 e. The summed E-state index contributed by atoms with van der Waals surface area (Å²) in [6.45, 7) is 5.76. The van der Waals surface area contributed by atoms with Crippen molar-refractivity contribution in [1.82, 2.24) is 15.1 Å². The predicted octanol–water partition coefficient (Wildman–Crippen LogP) is 2.73. The molecule has 0 fully saturated rings. The normalized spacial score (nSPS) is 12.6. The highest BCUT2D eigenvalue weighted by Crippen LogP contribution is 2.17. The van der Waals surface area contributed by atoms with Gasteiger partial charge >= 0.3 is 0 Å². The molecule has 0 saturated heterocycles. The molecule has 108 valence electrons. The molecule has 0 radical (unpaired) electrons. The maximum absolute atomic E-state index is 5.16. The SMILES string of the molecule is COCc1cccc(CNC(C)c2cnn(C)c2C)c1. The van der Waals surface area contributed by atoms with Gasteiger partial charge in [0.15, 0.2) is 0 Å². The van der Waals surface area contributed by atoms with Crippen LogP contribution in [-0.2, 0) is 24.9 Å². The van der Waals surface area contributed by atoms with Crippen molar-refractivity contribution < 1.29 is 4.74 Å². The fourth-order valence-electron chi connectivity index (χ4n) is 2.32. The summed E-state index contributed by atoms with van der Waals surface area (Å²) < 4.78 is 7.07. The summed E-state index contributed by atoms with van der Waals surface area (Å²) in [5, 5.41) is 7.84. The molecule has 1 atom stereocenters. The van der Waals surface area contributed by atoms with Crippen molar-refractivity contribution in [3.05, 3.63) is 52.8 Å². The van der Waals surface area contributed by atoms with E-state index < -0.39 is 0 Å². The Morgan fingerprint density at radius 1 is 1.35 bits per heavy atom. The lowest BCUT2D eigenvalue weighted by molar-refractivity contribution is 0.185. The van der Waals surface area contributed by atoms with Gasteiger partial charge in [-0.05, 0) is 25.0 Å². The Bertz CT molecular complexity index is 563. The van der Waals surface area contributed by atoms with Crippen LogP contribution >= 0.6 is 0 Å². The number of nitrogens with one attached hydrogen (secondary N) is 1. The molecule has 4 nitrogen and oxygen atoms in total. The zero-order valence-electron chi connectivity index (χ0n) is 12.7. The quantitative estimate of drug-likeness (QED) is 0.879. The van der Waals surface area contributed by atoms with Crippen LogP contribution in [0.5, 0.6) is 0 Å². The van der Waals surface area contributed by atoms with E-state index in [1.807, 2.05) is 17.9 Å². The van der Waals surface area contributed by atoms with Gasteiger partial charge in [-0.2, -0.15) is 5.10 Å². The summed E-state index contributed by atoms with van der Waals surface area (Å²) in [4.78, 5) is 0. The van der Waals surface area contributed by atoms with Crippen LogP contribution in [0.15, 0.2) is 30.5 Å². The fourth-order valence-corrected chi connectivity index (χ4v) is 2.32. The number of methoxy groups -OCH3 is 1.